The molecule has 2 unspecified atom stereocenters. The van der Waals surface area contributed by atoms with Gasteiger partial charge in [-0.3, -0.25) is 4.79 Å². The van der Waals surface area contributed by atoms with Crippen molar-refractivity contribution in [2.24, 2.45) is 11.3 Å². The van der Waals surface area contributed by atoms with E-state index in [9.17, 15) is 4.79 Å². The van der Waals surface area contributed by atoms with Gasteiger partial charge in [0.15, 0.2) is 0 Å². The monoisotopic (exact) mass is 256 g/mol. The van der Waals surface area contributed by atoms with Crippen molar-refractivity contribution in [1.29, 1.82) is 0 Å². The number of nitrogens with one attached hydrogen (secondary N) is 2. The number of carbonyl (C=O) groups is 1. The van der Waals surface area contributed by atoms with Crippen molar-refractivity contribution in [2.45, 2.75) is 52.6 Å². The fraction of sp³-hybridized carbons (Fsp3) is 0.929. The average molecular weight is 256 g/mol. The Morgan fingerprint density at radius 1 is 1.39 bits per heavy atom. The van der Waals surface area contributed by atoms with Gasteiger partial charge in [-0.1, -0.05) is 26.7 Å². The smallest absolute Gasteiger partial charge is 0.223 e. The first kappa shape index (κ1) is 15.4. The lowest BCUT2D eigenvalue weighted by Gasteiger charge is -2.37. The van der Waals surface area contributed by atoms with Gasteiger partial charge in [0.05, 0.1) is 6.10 Å². The average Bonchev–Trinajstić information content (AvgIpc) is 2.27. The minimum Gasteiger partial charge on any atom is -0.392 e. The molecule has 0 saturated heterocycles. The quantitative estimate of drug-likeness (QED) is 0.628. The van der Waals surface area contributed by atoms with E-state index >= 15 is 0 Å². The Morgan fingerprint density at radius 2 is 2.11 bits per heavy atom. The number of aliphatic hydroxyl groups is 1. The Hall–Kier alpha value is -0.610. The largest absolute Gasteiger partial charge is 0.392 e. The molecule has 3 N–H and O–H groups in total. The van der Waals surface area contributed by atoms with Gasteiger partial charge in [0.1, 0.15) is 0 Å². The van der Waals surface area contributed by atoms with E-state index < -0.39 is 0 Å². The first-order valence-electron chi connectivity index (χ1n) is 7.10. The van der Waals surface area contributed by atoms with Crippen LogP contribution in [-0.2, 0) is 4.79 Å². The van der Waals surface area contributed by atoms with E-state index in [0.29, 0.717) is 19.6 Å². The molecule has 0 aromatic rings. The first-order valence-corrected chi connectivity index (χ1v) is 7.10. The van der Waals surface area contributed by atoms with E-state index in [1.165, 1.54) is 12.8 Å². The SMILES string of the molecule is CC(O)CNCCNC(=O)C1CCCCC1(C)C. The Morgan fingerprint density at radius 3 is 2.72 bits per heavy atom. The highest BCUT2D eigenvalue weighted by molar-refractivity contribution is 5.79. The molecule has 0 aromatic carbocycles. The van der Waals surface area contributed by atoms with Crippen molar-refractivity contribution in [2.75, 3.05) is 19.6 Å². The fourth-order valence-corrected chi connectivity index (χ4v) is 2.69. The number of aliphatic hydroxyl groups excluding tert-OH is 1. The van der Waals surface area contributed by atoms with Crippen LogP contribution in [0.5, 0.6) is 0 Å². The summed E-state index contributed by atoms with van der Waals surface area (Å²) in [4.78, 5) is 12.1. The Kier molecular flexibility index (Phi) is 6.09. The summed E-state index contributed by atoms with van der Waals surface area (Å²) in [6.07, 6.45) is 4.23. The second-order valence-electron chi connectivity index (χ2n) is 6.13. The summed E-state index contributed by atoms with van der Waals surface area (Å²) < 4.78 is 0. The van der Waals surface area contributed by atoms with Crippen LogP contribution >= 0.6 is 0 Å². The third kappa shape index (κ3) is 4.94. The van der Waals surface area contributed by atoms with Crippen molar-refractivity contribution in [1.82, 2.24) is 10.6 Å². The normalized spacial score (nSPS) is 24.6. The summed E-state index contributed by atoms with van der Waals surface area (Å²) in [6, 6.07) is 0. The summed E-state index contributed by atoms with van der Waals surface area (Å²) in [7, 11) is 0. The van der Waals surface area contributed by atoms with Crippen LogP contribution in [0, 0.1) is 11.3 Å². The molecular weight excluding hydrogens is 228 g/mol. The van der Waals surface area contributed by atoms with Crippen molar-refractivity contribution >= 4 is 5.91 Å². The maximum absolute atomic E-state index is 12.1. The predicted molar refractivity (Wildman–Crippen MR) is 73.3 cm³/mol. The van der Waals surface area contributed by atoms with Gasteiger partial charge in [-0.2, -0.15) is 0 Å². The lowest BCUT2D eigenvalue weighted by atomic mass is 9.68. The highest BCUT2D eigenvalue weighted by Crippen LogP contribution is 2.40. The molecule has 0 aliphatic heterocycles. The number of carbonyl (C=O) groups excluding carboxylic acids is 1. The zero-order chi connectivity index (χ0) is 13.6. The molecule has 106 valence electrons. The molecule has 1 rings (SSSR count). The molecular formula is C14H28N2O2. The van der Waals surface area contributed by atoms with Crippen LogP contribution in [0.3, 0.4) is 0 Å². The van der Waals surface area contributed by atoms with Gasteiger partial charge in [0.25, 0.3) is 0 Å². The summed E-state index contributed by atoms with van der Waals surface area (Å²) in [6.45, 7) is 8.06. The molecule has 1 saturated carbocycles. The molecule has 0 aromatic heterocycles. The second-order valence-corrected chi connectivity index (χ2v) is 6.13. The van der Waals surface area contributed by atoms with Crippen molar-refractivity contribution in [3.05, 3.63) is 0 Å². The minimum absolute atomic E-state index is 0.134. The molecule has 0 radical (unpaired) electrons. The Bertz CT molecular complexity index is 265. The number of amides is 1. The number of hydrogen-bond donors (Lipinski definition) is 3. The van der Waals surface area contributed by atoms with Crippen LogP contribution in [0.25, 0.3) is 0 Å². The zero-order valence-electron chi connectivity index (χ0n) is 12.0. The van der Waals surface area contributed by atoms with Crippen LogP contribution in [0.15, 0.2) is 0 Å². The number of hydrogen-bond acceptors (Lipinski definition) is 3. The molecule has 0 heterocycles. The van der Waals surface area contributed by atoms with Crippen LogP contribution in [-0.4, -0.2) is 36.8 Å². The molecule has 0 spiro atoms. The Balaban J connectivity index is 2.23. The van der Waals surface area contributed by atoms with Crippen LogP contribution in [0.2, 0.25) is 0 Å². The van der Waals surface area contributed by atoms with E-state index in [-0.39, 0.29) is 23.3 Å². The predicted octanol–water partition coefficient (Wildman–Crippen LogP) is 1.29. The molecule has 2 atom stereocenters. The first-order chi connectivity index (χ1) is 8.43. The third-order valence-electron chi connectivity index (χ3n) is 3.86. The van der Waals surface area contributed by atoms with E-state index in [2.05, 4.69) is 24.5 Å². The highest BCUT2D eigenvalue weighted by atomic mass is 16.3. The van der Waals surface area contributed by atoms with E-state index in [1.54, 1.807) is 6.92 Å². The van der Waals surface area contributed by atoms with Crippen LogP contribution < -0.4 is 10.6 Å². The standard InChI is InChI=1S/C14H28N2O2/c1-11(17)10-15-8-9-16-13(18)12-6-4-5-7-14(12,2)3/h11-12,15,17H,4-10H2,1-3H3,(H,16,18). The molecule has 1 amide bonds. The van der Waals surface area contributed by atoms with Crippen molar-refractivity contribution in [3.8, 4) is 0 Å². The van der Waals surface area contributed by atoms with E-state index in [1.807, 2.05) is 0 Å². The molecule has 4 nitrogen and oxygen atoms in total. The van der Waals surface area contributed by atoms with Gasteiger partial charge in [0.2, 0.25) is 5.91 Å². The molecule has 18 heavy (non-hydrogen) atoms. The number of rotatable bonds is 6. The maximum atomic E-state index is 12.1. The summed E-state index contributed by atoms with van der Waals surface area (Å²) in [5.41, 5.74) is 0.134. The van der Waals surface area contributed by atoms with E-state index in [4.69, 9.17) is 5.11 Å². The lowest BCUT2D eigenvalue weighted by molar-refractivity contribution is -0.130. The second kappa shape index (κ2) is 7.10. The highest BCUT2D eigenvalue weighted by Gasteiger charge is 2.36. The lowest BCUT2D eigenvalue weighted by Crippen LogP contribution is -2.43. The maximum Gasteiger partial charge on any atom is 0.223 e. The van der Waals surface area contributed by atoms with Crippen LogP contribution in [0.1, 0.15) is 46.5 Å². The molecule has 1 aliphatic carbocycles. The van der Waals surface area contributed by atoms with Gasteiger partial charge in [-0.25, -0.2) is 0 Å². The molecule has 4 heteroatoms. The van der Waals surface area contributed by atoms with Gasteiger partial charge >= 0.3 is 0 Å². The zero-order valence-corrected chi connectivity index (χ0v) is 12.0. The van der Waals surface area contributed by atoms with Gasteiger partial charge in [-0.15, -0.1) is 0 Å². The summed E-state index contributed by atoms with van der Waals surface area (Å²) >= 11 is 0. The molecule has 1 aliphatic rings. The summed E-state index contributed by atoms with van der Waals surface area (Å²) in [5.74, 6) is 0.349. The third-order valence-corrected chi connectivity index (χ3v) is 3.86. The van der Waals surface area contributed by atoms with Gasteiger partial charge in [-0.05, 0) is 25.2 Å². The van der Waals surface area contributed by atoms with Gasteiger partial charge < -0.3 is 15.7 Å². The molecule has 0 bridgehead atoms. The summed E-state index contributed by atoms with van der Waals surface area (Å²) in [5, 5.41) is 15.2. The van der Waals surface area contributed by atoms with E-state index in [0.717, 1.165) is 12.8 Å². The topological polar surface area (TPSA) is 61.4 Å². The molecule has 1 fully saturated rings. The minimum atomic E-state index is -0.335. The Labute approximate surface area is 111 Å². The van der Waals surface area contributed by atoms with Crippen LogP contribution in [0.4, 0.5) is 0 Å². The van der Waals surface area contributed by atoms with Gasteiger partial charge in [0, 0.05) is 25.6 Å². The van der Waals surface area contributed by atoms with Crippen molar-refractivity contribution in [3.63, 3.8) is 0 Å². The van der Waals surface area contributed by atoms with Crippen molar-refractivity contribution < 1.29 is 9.90 Å². The fourth-order valence-electron chi connectivity index (χ4n) is 2.69.